The van der Waals surface area contributed by atoms with Gasteiger partial charge in [0.1, 0.15) is 0 Å². The van der Waals surface area contributed by atoms with Crippen molar-refractivity contribution in [2.75, 3.05) is 26.2 Å². The first kappa shape index (κ1) is 16.5. The van der Waals surface area contributed by atoms with E-state index in [1.54, 1.807) is 0 Å². The third-order valence-corrected chi connectivity index (χ3v) is 4.00. The lowest BCUT2D eigenvalue weighted by molar-refractivity contribution is -0.137. The number of nitrogens with zero attached hydrogens (tertiary/aromatic N) is 4. The fraction of sp³-hybridized carbons (Fsp3) is 0.375. The van der Waals surface area contributed by atoms with Crippen LogP contribution in [0.4, 0.5) is 18.0 Å². The Balaban J connectivity index is 1.56. The molecule has 1 saturated heterocycles. The summed E-state index contributed by atoms with van der Waals surface area (Å²) in [7, 11) is 0. The molecule has 5 nitrogen and oxygen atoms in total. The first-order valence-electron chi connectivity index (χ1n) is 7.61. The number of alkyl halides is 3. The quantitative estimate of drug-likeness (QED) is 0.845. The van der Waals surface area contributed by atoms with E-state index in [9.17, 15) is 18.0 Å². The molecule has 2 heterocycles. The van der Waals surface area contributed by atoms with Crippen LogP contribution < -0.4 is 0 Å². The van der Waals surface area contributed by atoms with E-state index in [1.807, 2.05) is 30.3 Å². The maximum absolute atomic E-state index is 12.6. The van der Waals surface area contributed by atoms with Gasteiger partial charge in [-0.15, -0.1) is 0 Å². The van der Waals surface area contributed by atoms with E-state index in [1.165, 1.54) is 10.5 Å². The second-order valence-corrected chi connectivity index (χ2v) is 5.70. The van der Waals surface area contributed by atoms with Crippen molar-refractivity contribution < 1.29 is 18.0 Å². The van der Waals surface area contributed by atoms with Crippen molar-refractivity contribution in [1.29, 1.82) is 0 Å². The Bertz CT molecular complexity index is 691. The van der Waals surface area contributed by atoms with Crippen molar-refractivity contribution in [2.24, 2.45) is 0 Å². The van der Waals surface area contributed by atoms with Gasteiger partial charge < -0.3 is 4.90 Å². The third-order valence-electron chi connectivity index (χ3n) is 4.00. The summed E-state index contributed by atoms with van der Waals surface area (Å²) in [6.45, 7) is 3.07. The minimum absolute atomic E-state index is 0.465. The average molecular weight is 338 g/mol. The maximum atomic E-state index is 12.6. The molecule has 1 fully saturated rings. The second kappa shape index (κ2) is 6.64. The highest BCUT2D eigenvalue weighted by Crippen LogP contribution is 2.28. The van der Waals surface area contributed by atoms with Crippen molar-refractivity contribution >= 4 is 6.03 Å². The Morgan fingerprint density at radius 3 is 2.33 bits per heavy atom. The van der Waals surface area contributed by atoms with Gasteiger partial charge in [-0.1, -0.05) is 30.3 Å². The number of hydrogen-bond donors (Lipinski definition) is 0. The fourth-order valence-corrected chi connectivity index (χ4v) is 2.66. The SMILES string of the molecule is O=C(N1CCN(Cc2ccccc2)CC1)n1cc(C(F)(F)F)cn1. The Hall–Kier alpha value is -2.35. The highest BCUT2D eigenvalue weighted by molar-refractivity contribution is 5.76. The van der Waals surface area contributed by atoms with Gasteiger partial charge in [-0.2, -0.15) is 23.0 Å². The molecular formula is C16H17F3N4O. The molecule has 0 atom stereocenters. The second-order valence-electron chi connectivity index (χ2n) is 5.70. The molecule has 1 aliphatic rings. The van der Waals surface area contributed by atoms with E-state index < -0.39 is 17.8 Å². The Kier molecular flexibility index (Phi) is 4.57. The highest BCUT2D eigenvalue weighted by atomic mass is 19.4. The maximum Gasteiger partial charge on any atom is 0.419 e. The number of halogens is 3. The van der Waals surface area contributed by atoms with Crippen LogP contribution in [0.5, 0.6) is 0 Å². The van der Waals surface area contributed by atoms with Gasteiger partial charge in [-0.25, -0.2) is 4.79 Å². The lowest BCUT2D eigenvalue weighted by atomic mass is 10.2. The highest BCUT2D eigenvalue weighted by Gasteiger charge is 2.33. The van der Waals surface area contributed by atoms with Gasteiger partial charge in [0.05, 0.1) is 11.8 Å². The Morgan fingerprint density at radius 1 is 1.08 bits per heavy atom. The molecule has 0 saturated carbocycles. The van der Waals surface area contributed by atoms with Gasteiger partial charge >= 0.3 is 12.2 Å². The molecular weight excluding hydrogens is 321 g/mol. The normalized spacial score (nSPS) is 16.4. The van der Waals surface area contributed by atoms with Crippen LogP contribution in [-0.2, 0) is 12.7 Å². The standard InChI is InChI=1S/C16H17F3N4O/c17-16(18,19)14-10-20-23(12-14)15(24)22-8-6-21(7-9-22)11-13-4-2-1-3-5-13/h1-5,10,12H,6-9,11H2. The van der Waals surface area contributed by atoms with E-state index >= 15 is 0 Å². The van der Waals surface area contributed by atoms with Crippen molar-refractivity contribution in [3.8, 4) is 0 Å². The van der Waals surface area contributed by atoms with Crippen LogP contribution >= 0.6 is 0 Å². The molecule has 24 heavy (non-hydrogen) atoms. The molecule has 1 aromatic carbocycles. The molecule has 0 N–H and O–H groups in total. The first-order chi connectivity index (χ1) is 11.4. The molecule has 2 aromatic rings. The van der Waals surface area contributed by atoms with Crippen LogP contribution in [0.25, 0.3) is 0 Å². The molecule has 3 rings (SSSR count). The van der Waals surface area contributed by atoms with Crippen LogP contribution in [0.3, 0.4) is 0 Å². The summed E-state index contributed by atoms with van der Waals surface area (Å²) >= 11 is 0. The van der Waals surface area contributed by atoms with E-state index in [4.69, 9.17) is 0 Å². The third kappa shape index (κ3) is 3.76. The molecule has 0 aliphatic carbocycles. The Labute approximate surface area is 137 Å². The van der Waals surface area contributed by atoms with Crippen LogP contribution in [0.1, 0.15) is 11.1 Å². The summed E-state index contributed by atoms with van der Waals surface area (Å²) in [5, 5.41) is 3.54. The average Bonchev–Trinajstić information content (AvgIpc) is 3.06. The number of carbonyl (C=O) groups is 1. The minimum atomic E-state index is -4.49. The summed E-state index contributed by atoms with van der Waals surface area (Å²) in [6, 6.07) is 9.47. The van der Waals surface area contributed by atoms with Crippen LogP contribution in [0.15, 0.2) is 42.7 Å². The van der Waals surface area contributed by atoms with Gasteiger partial charge in [0.2, 0.25) is 0 Å². The van der Waals surface area contributed by atoms with Crippen molar-refractivity contribution in [3.05, 3.63) is 53.9 Å². The first-order valence-corrected chi connectivity index (χ1v) is 7.61. The van der Waals surface area contributed by atoms with Crippen molar-refractivity contribution in [2.45, 2.75) is 12.7 Å². The summed E-state index contributed by atoms with van der Waals surface area (Å²) in [6.07, 6.45) is -3.09. The van der Waals surface area contributed by atoms with Crippen LogP contribution in [0.2, 0.25) is 0 Å². The molecule has 1 amide bonds. The predicted molar refractivity (Wildman–Crippen MR) is 81.3 cm³/mol. The number of benzene rings is 1. The van der Waals surface area contributed by atoms with Crippen molar-refractivity contribution in [3.63, 3.8) is 0 Å². The smallest absolute Gasteiger partial charge is 0.320 e. The molecule has 0 radical (unpaired) electrons. The zero-order valence-corrected chi connectivity index (χ0v) is 12.9. The van der Waals surface area contributed by atoms with Gasteiger partial charge in [0.15, 0.2) is 0 Å². The van der Waals surface area contributed by atoms with Gasteiger partial charge in [0, 0.05) is 38.9 Å². The molecule has 8 heteroatoms. The molecule has 1 aromatic heterocycles. The Morgan fingerprint density at radius 2 is 1.75 bits per heavy atom. The lowest BCUT2D eigenvalue weighted by Gasteiger charge is -2.34. The molecule has 0 unspecified atom stereocenters. The molecule has 0 spiro atoms. The summed E-state index contributed by atoms with van der Waals surface area (Å²) < 4.78 is 38.5. The number of rotatable bonds is 2. The summed E-state index contributed by atoms with van der Waals surface area (Å²) in [4.78, 5) is 16.0. The fourth-order valence-electron chi connectivity index (χ4n) is 2.66. The van der Waals surface area contributed by atoms with Gasteiger partial charge in [0.25, 0.3) is 0 Å². The van der Waals surface area contributed by atoms with E-state index in [0.29, 0.717) is 32.4 Å². The number of carbonyl (C=O) groups excluding carboxylic acids is 1. The largest absolute Gasteiger partial charge is 0.419 e. The monoisotopic (exact) mass is 338 g/mol. The lowest BCUT2D eigenvalue weighted by Crippen LogP contribution is -2.49. The van der Waals surface area contributed by atoms with E-state index in [0.717, 1.165) is 17.4 Å². The van der Waals surface area contributed by atoms with Gasteiger partial charge in [-0.3, -0.25) is 4.90 Å². The minimum Gasteiger partial charge on any atom is -0.320 e. The molecule has 0 bridgehead atoms. The topological polar surface area (TPSA) is 41.4 Å². The van der Waals surface area contributed by atoms with E-state index in [2.05, 4.69) is 10.00 Å². The summed E-state index contributed by atoms with van der Waals surface area (Å²) in [5.74, 6) is 0. The zero-order valence-electron chi connectivity index (χ0n) is 12.9. The van der Waals surface area contributed by atoms with E-state index in [-0.39, 0.29) is 0 Å². The zero-order chi connectivity index (χ0) is 17.2. The summed E-state index contributed by atoms with van der Waals surface area (Å²) in [5.41, 5.74) is 0.276. The number of amides is 1. The predicted octanol–water partition coefficient (Wildman–Crippen LogP) is 2.69. The molecule has 1 aliphatic heterocycles. The number of hydrogen-bond acceptors (Lipinski definition) is 3. The van der Waals surface area contributed by atoms with Crippen molar-refractivity contribution in [1.82, 2.24) is 19.6 Å². The number of piperazine rings is 1. The number of aromatic nitrogens is 2. The molecule has 128 valence electrons. The van der Waals surface area contributed by atoms with Crippen LogP contribution in [-0.4, -0.2) is 51.8 Å². The van der Waals surface area contributed by atoms with Gasteiger partial charge in [-0.05, 0) is 5.56 Å². The van der Waals surface area contributed by atoms with Crippen LogP contribution in [0, 0.1) is 0 Å².